The highest BCUT2D eigenvalue weighted by Gasteiger charge is 2.18. The van der Waals surface area contributed by atoms with E-state index in [2.05, 4.69) is 9.82 Å². The molecule has 3 aromatic rings. The summed E-state index contributed by atoms with van der Waals surface area (Å²) in [4.78, 5) is 0.00663. The predicted octanol–water partition coefficient (Wildman–Crippen LogP) is 3.98. The van der Waals surface area contributed by atoms with Gasteiger partial charge in [-0.2, -0.15) is 5.10 Å². The maximum Gasteiger partial charge on any atom is 0.263 e. The lowest BCUT2D eigenvalue weighted by molar-refractivity contribution is 0.601. The van der Waals surface area contributed by atoms with Crippen LogP contribution in [0.3, 0.4) is 0 Å². The Morgan fingerprint density at radius 3 is 2.30 bits per heavy atom. The maximum atomic E-state index is 12.4. The third-order valence-corrected chi connectivity index (χ3v) is 5.26. The zero-order valence-corrected chi connectivity index (χ0v) is 14.0. The zero-order valence-electron chi connectivity index (χ0n) is 11.6. The first kappa shape index (κ1) is 15.9. The molecule has 0 radical (unpaired) electrons. The molecule has 0 fully saturated rings. The van der Waals surface area contributed by atoms with Gasteiger partial charge in [0.1, 0.15) is 4.90 Å². The van der Waals surface area contributed by atoms with Crippen LogP contribution in [0.5, 0.6) is 0 Å². The SMILES string of the molecule is O=S(=O)(Nc1cnn(-c2ccccc2Cl)c1)c1ccccc1Cl. The van der Waals surface area contributed by atoms with Gasteiger partial charge in [0, 0.05) is 0 Å². The molecule has 0 spiro atoms. The summed E-state index contributed by atoms with van der Waals surface area (Å²) in [7, 11) is -3.79. The first-order valence-corrected chi connectivity index (χ1v) is 8.78. The molecule has 0 unspecified atom stereocenters. The largest absolute Gasteiger partial charge is 0.276 e. The van der Waals surface area contributed by atoms with Crippen molar-refractivity contribution in [2.24, 2.45) is 0 Å². The molecule has 0 aliphatic heterocycles. The lowest BCUT2D eigenvalue weighted by atomic mass is 10.3. The quantitative estimate of drug-likeness (QED) is 0.758. The molecule has 5 nitrogen and oxygen atoms in total. The fraction of sp³-hybridized carbons (Fsp3) is 0. The first-order chi connectivity index (χ1) is 11.0. The van der Waals surface area contributed by atoms with Crippen LogP contribution in [0.1, 0.15) is 0 Å². The fourth-order valence-corrected chi connectivity index (χ4v) is 3.79. The highest BCUT2D eigenvalue weighted by molar-refractivity contribution is 7.92. The van der Waals surface area contributed by atoms with Crippen molar-refractivity contribution in [1.82, 2.24) is 9.78 Å². The molecule has 0 saturated carbocycles. The molecule has 23 heavy (non-hydrogen) atoms. The first-order valence-electron chi connectivity index (χ1n) is 6.54. The monoisotopic (exact) mass is 367 g/mol. The Kier molecular flexibility index (Phi) is 4.30. The van der Waals surface area contributed by atoms with Crippen LogP contribution in [0.4, 0.5) is 5.69 Å². The van der Waals surface area contributed by atoms with Gasteiger partial charge in [0.05, 0.1) is 33.8 Å². The molecule has 0 amide bonds. The molecule has 1 heterocycles. The Balaban J connectivity index is 1.91. The van der Waals surface area contributed by atoms with Crippen molar-refractivity contribution in [3.8, 4) is 5.69 Å². The van der Waals surface area contributed by atoms with E-state index in [9.17, 15) is 8.42 Å². The van der Waals surface area contributed by atoms with Crippen LogP contribution >= 0.6 is 23.2 Å². The zero-order chi connectivity index (χ0) is 16.4. The second-order valence-electron chi connectivity index (χ2n) is 4.66. The van der Waals surface area contributed by atoms with Gasteiger partial charge in [-0.3, -0.25) is 4.72 Å². The molecule has 1 N–H and O–H groups in total. The standard InChI is InChI=1S/C15H11Cl2N3O2S/c16-12-5-1-3-7-14(12)20-10-11(9-18-20)19-23(21,22)15-8-4-2-6-13(15)17/h1-10,19H. The molecule has 2 aromatic carbocycles. The smallest absolute Gasteiger partial charge is 0.263 e. The molecule has 0 aliphatic rings. The summed E-state index contributed by atoms with van der Waals surface area (Å²) >= 11 is 12.0. The molecule has 0 aliphatic carbocycles. The Morgan fingerprint density at radius 1 is 0.957 bits per heavy atom. The number of anilines is 1. The summed E-state index contributed by atoms with van der Waals surface area (Å²) in [6.45, 7) is 0. The van der Waals surface area contributed by atoms with E-state index in [1.54, 1.807) is 30.3 Å². The van der Waals surface area contributed by atoms with Gasteiger partial charge < -0.3 is 0 Å². The van der Waals surface area contributed by atoms with E-state index in [1.165, 1.54) is 29.2 Å². The number of nitrogens with one attached hydrogen (secondary N) is 1. The molecule has 0 atom stereocenters. The Labute approximate surface area is 143 Å². The highest BCUT2D eigenvalue weighted by Crippen LogP contribution is 2.24. The van der Waals surface area contributed by atoms with Gasteiger partial charge in [0.2, 0.25) is 0 Å². The van der Waals surface area contributed by atoms with Crippen molar-refractivity contribution >= 4 is 38.9 Å². The van der Waals surface area contributed by atoms with Gasteiger partial charge in [-0.05, 0) is 24.3 Å². The van der Waals surface area contributed by atoms with Crippen molar-refractivity contribution in [2.45, 2.75) is 4.90 Å². The minimum Gasteiger partial charge on any atom is -0.276 e. The second kappa shape index (κ2) is 6.23. The number of nitrogens with zero attached hydrogens (tertiary/aromatic N) is 2. The molecular weight excluding hydrogens is 357 g/mol. The van der Waals surface area contributed by atoms with Gasteiger partial charge in [-0.1, -0.05) is 47.5 Å². The average Bonchev–Trinajstić information content (AvgIpc) is 2.95. The molecular formula is C15H11Cl2N3O2S. The normalized spacial score (nSPS) is 11.4. The number of para-hydroxylation sites is 1. The number of hydrogen-bond donors (Lipinski definition) is 1. The fourth-order valence-electron chi connectivity index (χ4n) is 2.02. The summed E-state index contributed by atoms with van der Waals surface area (Å²) in [6, 6.07) is 13.3. The number of rotatable bonds is 4. The lowest BCUT2D eigenvalue weighted by Crippen LogP contribution is -2.13. The van der Waals surface area contributed by atoms with Crippen LogP contribution in [-0.2, 0) is 10.0 Å². The minimum atomic E-state index is -3.79. The van der Waals surface area contributed by atoms with Gasteiger partial charge in [0.25, 0.3) is 10.0 Å². The Hall–Kier alpha value is -2.02. The number of aromatic nitrogens is 2. The van der Waals surface area contributed by atoms with Gasteiger partial charge in [-0.25, -0.2) is 13.1 Å². The summed E-state index contributed by atoms with van der Waals surface area (Å²) in [5.74, 6) is 0. The van der Waals surface area contributed by atoms with Crippen LogP contribution in [0, 0.1) is 0 Å². The predicted molar refractivity (Wildman–Crippen MR) is 90.8 cm³/mol. The van der Waals surface area contributed by atoms with E-state index in [0.29, 0.717) is 16.4 Å². The van der Waals surface area contributed by atoms with Gasteiger partial charge >= 0.3 is 0 Å². The van der Waals surface area contributed by atoms with Crippen molar-refractivity contribution in [1.29, 1.82) is 0 Å². The maximum absolute atomic E-state index is 12.4. The summed E-state index contributed by atoms with van der Waals surface area (Å²) in [5, 5.41) is 4.78. The topological polar surface area (TPSA) is 64.0 Å². The van der Waals surface area contributed by atoms with E-state index >= 15 is 0 Å². The summed E-state index contributed by atoms with van der Waals surface area (Å²) < 4.78 is 28.7. The molecule has 118 valence electrons. The van der Waals surface area contributed by atoms with Crippen molar-refractivity contribution in [3.63, 3.8) is 0 Å². The summed E-state index contributed by atoms with van der Waals surface area (Å²) in [5.41, 5.74) is 0.960. The van der Waals surface area contributed by atoms with Gasteiger partial charge in [0.15, 0.2) is 0 Å². The summed E-state index contributed by atoms with van der Waals surface area (Å²) in [6.07, 6.45) is 2.94. The Bertz CT molecular complexity index is 955. The van der Waals surface area contributed by atoms with E-state index < -0.39 is 10.0 Å². The van der Waals surface area contributed by atoms with Crippen LogP contribution in [-0.4, -0.2) is 18.2 Å². The van der Waals surface area contributed by atoms with Crippen molar-refractivity contribution in [3.05, 3.63) is 71.0 Å². The van der Waals surface area contributed by atoms with E-state index in [4.69, 9.17) is 23.2 Å². The number of halogens is 2. The molecule has 1 aromatic heterocycles. The third-order valence-electron chi connectivity index (χ3n) is 3.06. The van der Waals surface area contributed by atoms with E-state index in [1.807, 2.05) is 6.07 Å². The van der Waals surface area contributed by atoms with Crippen LogP contribution < -0.4 is 4.72 Å². The highest BCUT2D eigenvalue weighted by atomic mass is 35.5. The number of benzene rings is 2. The van der Waals surface area contributed by atoms with Crippen LogP contribution in [0.15, 0.2) is 65.8 Å². The third kappa shape index (κ3) is 3.34. The van der Waals surface area contributed by atoms with Gasteiger partial charge in [-0.15, -0.1) is 0 Å². The number of hydrogen-bond acceptors (Lipinski definition) is 3. The average molecular weight is 368 g/mol. The Morgan fingerprint density at radius 2 is 1.61 bits per heavy atom. The lowest BCUT2D eigenvalue weighted by Gasteiger charge is -2.07. The van der Waals surface area contributed by atoms with E-state index in [-0.39, 0.29) is 9.92 Å². The van der Waals surface area contributed by atoms with Crippen LogP contribution in [0.25, 0.3) is 5.69 Å². The van der Waals surface area contributed by atoms with Crippen LogP contribution in [0.2, 0.25) is 10.0 Å². The van der Waals surface area contributed by atoms with E-state index in [0.717, 1.165) is 0 Å². The molecule has 0 saturated heterocycles. The molecule has 8 heteroatoms. The minimum absolute atomic E-state index is 0.00663. The van der Waals surface area contributed by atoms with Crippen molar-refractivity contribution in [2.75, 3.05) is 4.72 Å². The number of sulfonamides is 1. The molecule has 3 rings (SSSR count). The van der Waals surface area contributed by atoms with Crippen molar-refractivity contribution < 1.29 is 8.42 Å². The molecule has 0 bridgehead atoms. The second-order valence-corrected chi connectivity index (χ2v) is 7.13.